The van der Waals surface area contributed by atoms with Gasteiger partial charge in [0, 0.05) is 13.0 Å². The molecule has 0 aromatic rings. The largest absolute Gasteiger partial charge is 0.392 e. The van der Waals surface area contributed by atoms with Crippen LogP contribution in [0.25, 0.3) is 0 Å². The minimum absolute atomic E-state index is 0.125. The van der Waals surface area contributed by atoms with Crippen LogP contribution in [0, 0.1) is 0 Å². The van der Waals surface area contributed by atoms with Gasteiger partial charge < -0.3 is 21.3 Å². The molecule has 7 nitrogen and oxygen atoms in total. The first kappa shape index (κ1) is 18.6. The van der Waals surface area contributed by atoms with Gasteiger partial charge in [-0.25, -0.2) is 0 Å². The fourth-order valence-electron chi connectivity index (χ4n) is 3.28. The van der Waals surface area contributed by atoms with Crippen molar-refractivity contribution >= 4 is 34.9 Å². The lowest BCUT2D eigenvalue weighted by Gasteiger charge is -2.29. The van der Waals surface area contributed by atoms with Gasteiger partial charge >= 0.3 is 0 Å². The van der Waals surface area contributed by atoms with Crippen molar-refractivity contribution in [3.63, 3.8) is 0 Å². The van der Waals surface area contributed by atoms with Crippen LogP contribution in [0.4, 0.5) is 0 Å². The summed E-state index contributed by atoms with van der Waals surface area (Å²) in [6, 6.07) is -1.36. The fourth-order valence-corrected chi connectivity index (χ4v) is 3.52. The molecule has 2 saturated heterocycles. The quantitative estimate of drug-likeness (QED) is 0.567. The van der Waals surface area contributed by atoms with Gasteiger partial charge in [0.1, 0.15) is 12.1 Å². The normalized spacial score (nSPS) is 24.5. The molecule has 0 aliphatic carbocycles. The van der Waals surface area contributed by atoms with E-state index in [1.165, 1.54) is 0 Å². The summed E-state index contributed by atoms with van der Waals surface area (Å²) in [5.41, 5.74) is 5.75. The highest BCUT2D eigenvalue weighted by Gasteiger charge is 2.36. The Bertz CT molecular complexity index is 525. The average Bonchev–Trinajstić information content (AvgIpc) is 3.19. The van der Waals surface area contributed by atoms with E-state index < -0.39 is 12.1 Å². The van der Waals surface area contributed by atoms with E-state index in [1.54, 1.807) is 4.90 Å². The molecule has 3 atom stereocenters. The topological polar surface area (TPSA) is 105 Å². The van der Waals surface area contributed by atoms with Crippen LogP contribution in [0.1, 0.15) is 51.9 Å². The highest BCUT2D eigenvalue weighted by Crippen LogP contribution is 2.20. The van der Waals surface area contributed by atoms with Gasteiger partial charge in [-0.05, 0) is 25.7 Å². The van der Waals surface area contributed by atoms with E-state index in [2.05, 4.69) is 10.6 Å². The maximum atomic E-state index is 12.9. The van der Waals surface area contributed by atoms with Crippen LogP contribution in [0.5, 0.6) is 0 Å². The summed E-state index contributed by atoms with van der Waals surface area (Å²) < 4.78 is 0. The number of unbranched alkanes of at least 4 members (excludes halogenated alkanes) is 1. The van der Waals surface area contributed by atoms with Crippen molar-refractivity contribution < 1.29 is 14.4 Å². The fraction of sp³-hybridized carbons (Fsp3) is 0.750. The molecule has 2 aliphatic heterocycles. The van der Waals surface area contributed by atoms with Crippen LogP contribution in [0.2, 0.25) is 0 Å². The third kappa shape index (κ3) is 4.43. The van der Waals surface area contributed by atoms with Crippen molar-refractivity contribution in [2.24, 2.45) is 5.73 Å². The van der Waals surface area contributed by atoms with Crippen LogP contribution in [-0.4, -0.2) is 52.3 Å². The number of hydrogen-bond acceptors (Lipinski definition) is 4. The zero-order valence-corrected chi connectivity index (χ0v) is 14.9. The molecule has 0 radical (unpaired) electrons. The van der Waals surface area contributed by atoms with Gasteiger partial charge in [-0.3, -0.25) is 14.4 Å². The summed E-state index contributed by atoms with van der Waals surface area (Å²) in [5, 5.41) is 5.46. The minimum Gasteiger partial charge on any atom is -0.392 e. The Kier molecular flexibility index (Phi) is 6.53. The van der Waals surface area contributed by atoms with Crippen molar-refractivity contribution in [3.8, 4) is 0 Å². The van der Waals surface area contributed by atoms with Crippen molar-refractivity contribution in [2.45, 2.75) is 70.0 Å². The van der Waals surface area contributed by atoms with Crippen molar-refractivity contribution in [1.82, 2.24) is 15.5 Å². The number of amides is 3. The van der Waals surface area contributed by atoms with Crippen molar-refractivity contribution in [2.75, 3.05) is 6.54 Å². The molecule has 2 aliphatic rings. The summed E-state index contributed by atoms with van der Waals surface area (Å²) in [7, 11) is 0. The molecule has 2 rings (SSSR count). The Morgan fingerprint density at radius 3 is 2.79 bits per heavy atom. The van der Waals surface area contributed by atoms with Crippen molar-refractivity contribution in [3.05, 3.63) is 0 Å². The minimum atomic E-state index is -0.593. The first-order chi connectivity index (χ1) is 11.4. The number of rotatable bonds is 7. The predicted octanol–water partition coefficient (Wildman–Crippen LogP) is 0.217. The van der Waals surface area contributed by atoms with Gasteiger partial charge in [0.25, 0.3) is 0 Å². The number of likely N-dealkylation sites (tertiary alicyclic amines) is 1. The molecule has 24 heavy (non-hydrogen) atoms. The molecule has 134 valence electrons. The number of nitrogens with one attached hydrogen (secondary N) is 2. The molecule has 0 unspecified atom stereocenters. The van der Waals surface area contributed by atoms with E-state index in [4.69, 9.17) is 18.0 Å². The molecule has 2 fully saturated rings. The molecule has 3 amide bonds. The predicted molar refractivity (Wildman–Crippen MR) is 94.1 cm³/mol. The Morgan fingerprint density at radius 1 is 1.46 bits per heavy atom. The summed E-state index contributed by atoms with van der Waals surface area (Å²) in [5.74, 6) is -0.544. The van der Waals surface area contributed by atoms with E-state index in [9.17, 15) is 14.4 Å². The summed E-state index contributed by atoms with van der Waals surface area (Å²) in [6.07, 6.45) is 4.79. The Labute approximate surface area is 147 Å². The van der Waals surface area contributed by atoms with Gasteiger partial charge in [-0.2, -0.15) is 0 Å². The smallest absolute Gasteiger partial charge is 0.245 e. The van der Waals surface area contributed by atoms with Crippen molar-refractivity contribution in [1.29, 1.82) is 0 Å². The van der Waals surface area contributed by atoms with Gasteiger partial charge in [-0.1, -0.05) is 32.0 Å². The number of hydrogen-bond donors (Lipinski definition) is 3. The van der Waals surface area contributed by atoms with E-state index in [1.807, 2.05) is 6.92 Å². The molecule has 0 saturated carbocycles. The number of carbonyl (C=O) groups excluding carboxylic acids is 3. The number of carbonyl (C=O) groups is 3. The van der Waals surface area contributed by atoms with Crippen LogP contribution < -0.4 is 16.4 Å². The third-order valence-corrected chi connectivity index (χ3v) is 4.91. The number of thiocarbonyl (C=S) groups is 1. The van der Waals surface area contributed by atoms with E-state index in [-0.39, 0.29) is 23.8 Å². The average molecular weight is 354 g/mol. The SMILES string of the molecule is CCCC[C@H](NC(=O)[C@@H]1CCC(=O)N1)C(=O)N1CCC[C@H]1C(N)=S. The van der Waals surface area contributed by atoms with Crippen LogP contribution in [-0.2, 0) is 14.4 Å². The Hall–Kier alpha value is -1.70. The summed E-state index contributed by atoms with van der Waals surface area (Å²) >= 11 is 5.06. The standard InChI is InChI=1S/C16H26N4O3S/c1-2-3-5-11(19-15(22)10-7-8-13(21)18-10)16(23)20-9-4-6-12(20)14(17)24/h10-12H,2-9H2,1H3,(H2,17,24)(H,18,21)(H,19,22)/t10-,11-,12-/m0/s1. The first-order valence-corrected chi connectivity index (χ1v) is 9.04. The molecular weight excluding hydrogens is 328 g/mol. The van der Waals surface area contributed by atoms with Crippen LogP contribution in [0.3, 0.4) is 0 Å². The Balaban J connectivity index is 2.03. The van der Waals surface area contributed by atoms with E-state index in [0.717, 1.165) is 25.7 Å². The molecule has 0 aromatic carbocycles. The zero-order chi connectivity index (χ0) is 17.7. The lowest BCUT2D eigenvalue weighted by Crippen LogP contribution is -2.55. The third-order valence-electron chi connectivity index (χ3n) is 4.64. The lowest BCUT2D eigenvalue weighted by molar-refractivity contribution is -0.137. The zero-order valence-electron chi connectivity index (χ0n) is 14.0. The molecule has 8 heteroatoms. The van der Waals surface area contributed by atoms with Crippen LogP contribution >= 0.6 is 12.2 Å². The number of nitrogens with zero attached hydrogens (tertiary/aromatic N) is 1. The van der Waals surface area contributed by atoms with E-state index in [0.29, 0.717) is 30.8 Å². The Morgan fingerprint density at radius 2 is 2.21 bits per heavy atom. The van der Waals surface area contributed by atoms with Gasteiger partial charge in [0.15, 0.2) is 0 Å². The van der Waals surface area contributed by atoms with Gasteiger partial charge in [-0.15, -0.1) is 0 Å². The van der Waals surface area contributed by atoms with E-state index >= 15 is 0 Å². The second-order valence-corrected chi connectivity index (χ2v) is 6.93. The maximum Gasteiger partial charge on any atom is 0.245 e. The highest BCUT2D eigenvalue weighted by molar-refractivity contribution is 7.80. The monoisotopic (exact) mass is 354 g/mol. The molecule has 2 heterocycles. The van der Waals surface area contributed by atoms with Gasteiger partial charge in [0.05, 0.1) is 11.0 Å². The summed E-state index contributed by atoms with van der Waals surface area (Å²) in [6.45, 7) is 2.65. The lowest BCUT2D eigenvalue weighted by atomic mass is 10.1. The maximum absolute atomic E-state index is 12.9. The molecule has 4 N–H and O–H groups in total. The number of nitrogens with two attached hydrogens (primary N) is 1. The summed E-state index contributed by atoms with van der Waals surface area (Å²) in [4.78, 5) is 38.5. The highest BCUT2D eigenvalue weighted by atomic mass is 32.1. The van der Waals surface area contributed by atoms with Crippen LogP contribution in [0.15, 0.2) is 0 Å². The first-order valence-electron chi connectivity index (χ1n) is 8.63. The second-order valence-electron chi connectivity index (χ2n) is 6.45. The molecule has 0 bridgehead atoms. The molecule has 0 aromatic heterocycles. The van der Waals surface area contributed by atoms with Gasteiger partial charge in [0.2, 0.25) is 17.7 Å². The molecule has 0 spiro atoms. The second kappa shape index (κ2) is 8.41. The molecular formula is C16H26N4O3S.